The van der Waals surface area contributed by atoms with Crippen molar-refractivity contribution < 1.29 is 9.47 Å². The average Bonchev–Trinajstić information content (AvgIpc) is 3.16. The number of aromatic nitrogens is 1. The van der Waals surface area contributed by atoms with Crippen molar-refractivity contribution in [2.24, 2.45) is 0 Å². The molecular weight excluding hydrogens is 352 g/mol. The Hall–Kier alpha value is -1.11. The third-order valence-corrected chi connectivity index (χ3v) is 5.02. The lowest BCUT2D eigenvalue weighted by Gasteiger charge is -2.20. The minimum Gasteiger partial charge on any atom is -0.493 e. The van der Waals surface area contributed by atoms with Crippen molar-refractivity contribution in [3.63, 3.8) is 0 Å². The third-order valence-electron chi connectivity index (χ3n) is 3.49. The topological polar surface area (TPSA) is 43.4 Å². The van der Waals surface area contributed by atoms with Gasteiger partial charge in [-0.05, 0) is 30.5 Å². The molecule has 1 unspecified atom stereocenters. The standard InChI is InChI=1S/C15H17BrN2O2S/c1-19-12-7-10(11(16)8-13(12)20-2)14(18-9-3-4-9)15-17-5-6-21-15/h5-9,14,18H,3-4H2,1-2H3. The lowest BCUT2D eigenvalue weighted by Crippen LogP contribution is -2.24. The maximum Gasteiger partial charge on any atom is 0.161 e. The molecule has 1 saturated carbocycles. The first-order valence-corrected chi connectivity index (χ1v) is 8.47. The SMILES string of the molecule is COc1cc(Br)c(C(NC2CC2)c2nccs2)cc1OC. The number of nitrogens with one attached hydrogen (secondary N) is 1. The van der Waals surface area contributed by atoms with Gasteiger partial charge in [0.25, 0.3) is 0 Å². The molecule has 6 heteroatoms. The van der Waals surface area contributed by atoms with Gasteiger partial charge in [0.15, 0.2) is 11.5 Å². The van der Waals surface area contributed by atoms with Crippen LogP contribution in [-0.2, 0) is 0 Å². The van der Waals surface area contributed by atoms with Crippen LogP contribution < -0.4 is 14.8 Å². The molecule has 1 aromatic heterocycles. The molecule has 0 bridgehead atoms. The summed E-state index contributed by atoms with van der Waals surface area (Å²) in [4.78, 5) is 4.48. The lowest BCUT2D eigenvalue weighted by molar-refractivity contribution is 0.353. The molecule has 3 rings (SSSR count). The molecule has 1 aliphatic rings. The van der Waals surface area contributed by atoms with Crippen LogP contribution in [0.2, 0.25) is 0 Å². The molecule has 0 amide bonds. The lowest BCUT2D eigenvalue weighted by atomic mass is 10.1. The monoisotopic (exact) mass is 368 g/mol. The molecule has 0 saturated heterocycles. The van der Waals surface area contributed by atoms with Crippen LogP contribution in [0.5, 0.6) is 11.5 Å². The normalized spacial score (nSPS) is 15.8. The Labute approximate surface area is 136 Å². The Balaban J connectivity index is 2.01. The van der Waals surface area contributed by atoms with E-state index in [1.165, 1.54) is 12.8 Å². The van der Waals surface area contributed by atoms with Gasteiger partial charge in [0.2, 0.25) is 0 Å². The predicted octanol–water partition coefficient (Wildman–Crippen LogP) is 3.76. The highest BCUT2D eigenvalue weighted by molar-refractivity contribution is 9.10. The molecule has 0 radical (unpaired) electrons. The number of benzene rings is 1. The zero-order chi connectivity index (χ0) is 14.8. The van der Waals surface area contributed by atoms with E-state index < -0.39 is 0 Å². The summed E-state index contributed by atoms with van der Waals surface area (Å²) >= 11 is 5.31. The number of ether oxygens (including phenoxy) is 2. The molecule has 1 N–H and O–H groups in total. The highest BCUT2D eigenvalue weighted by Crippen LogP contribution is 2.39. The summed E-state index contributed by atoms with van der Waals surface area (Å²) in [5, 5.41) is 6.73. The largest absolute Gasteiger partial charge is 0.493 e. The number of hydrogen-bond acceptors (Lipinski definition) is 5. The number of hydrogen-bond donors (Lipinski definition) is 1. The number of thiazole rings is 1. The van der Waals surface area contributed by atoms with E-state index in [1.54, 1.807) is 25.6 Å². The van der Waals surface area contributed by atoms with E-state index in [4.69, 9.17) is 9.47 Å². The van der Waals surface area contributed by atoms with Gasteiger partial charge in [-0.15, -0.1) is 11.3 Å². The van der Waals surface area contributed by atoms with Crippen molar-refractivity contribution in [2.75, 3.05) is 14.2 Å². The van der Waals surface area contributed by atoms with Crippen LogP contribution in [0.4, 0.5) is 0 Å². The zero-order valence-electron chi connectivity index (χ0n) is 11.9. The maximum absolute atomic E-state index is 5.43. The Morgan fingerprint density at radius 1 is 1.29 bits per heavy atom. The maximum atomic E-state index is 5.43. The Morgan fingerprint density at radius 3 is 2.57 bits per heavy atom. The fraction of sp³-hybridized carbons (Fsp3) is 0.400. The fourth-order valence-electron chi connectivity index (χ4n) is 2.25. The first-order valence-electron chi connectivity index (χ1n) is 6.79. The molecule has 0 aliphatic heterocycles. The van der Waals surface area contributed by atoms with E-state index in [1.807, 2.05) is 23.7 Å². The molecule has 4 nitrogen and oxygen atoms in total. The Bertz CT molecular complexity index is 614. The molecule has 1 aromatic carbocycles. The first-order chi connectivity index (χ1) is 10.2. The van der Waals surface area contributed by atoms with Gasteiger partial charge in [-0.2, -0.15) is 0 Å². The van der Waals surface area contributed by atoms with Crippen molar-refractivity contribution >= 4 is 27.3 Å². The van der Waals surface area contributed by atoms with Crippen LogP contribution in [0, 0.1) is 0 Å². The summed E-state index contributed by atoms with van der Waals surface area (Å²) < 4.78 is 11.8. The minimum absolute atomic E-state index is 0.0756. The van der Waals surface area contributed by atoms with E-state index in [2.05, 4.69) is 26.2 Å². The Morgan fingerprint density at radius 2 is 2.00 bits per heavy atom. The molecule has 2 aromatic rings. The van der Waals surface area contributed by atoms with Crippen molar-refractivity contribution in [2.45, 2.75) is 24.9 Å². The average molecular weight is 369 g/mol. The quantitative estimate of drug-likeness (QED) is 0.842. The summed E-state index contributed by atoms with van der Waals surface area (Å²) in [5.74, 6) is 1.45. The summed E-state index contributed by atoms with van der Waals surface area (Å²) in [6, 6.07) is 4.62. The van der Waals surface area contributed by atoms with E-state index in [0.29, 0.717) is 6.04 Å². The summed E-state index contributed by atoms with van der Waals surface area (Å²) in [6.07, 6.45) is 4.30. The van der Waals surface area contributed by atoms with Gasteiger partial charge in [0.1, 0.15) is 5.01 Å². The van der Waals surface area contributed by atoms with Crippen molar-refractivity contribution in [3.8, 4) is 11.5 Å². The number of halogens is 1. The van der Waals surface area contributed by atoms with Crippen LogP contribution in [-0.4, -0.2) is 25.2 Å². The molecule has 1 atom stereocenters. The number of rotatable bonds is 6. The second-order valence-corrected chi connectivity index (χ2v) is 6.75. The molecule has 1 aliphatic carbocycles. The van der Waals surface area contributed by atoms with E-state index in [9.17, 15) is 0 Å². The van der Waals surface area contributed by atoms with Gasteiger partial charge in [0, 0.05) is 22.1 Å². The van der Waals surface area contributed by atoms with Gasteiger partial charge in [-0.25, -0.2) is 4.98 Å². The van der Waals surface area contributed by atoms with Crippen LogP contribution in [0.3, 0.4) is 0 Å². The zero-order valence-corrected chi connectivity index (χ0v) is 14.3. The number of nitrogens with zero attached hydrogens (tertiary/aromatic N) is 1. The number of methoxy groups -OCH3 is 2. The highest BCUT2D eigenvalue weighted by atomic mass is 79.9. The predicted molar refractivity (Wildman–Crippen MR) is 87.4 cm³/mol. The van der Waals surface area contributed by atoms with E-state index in [-0.39, 0.29) is 6.04 Å². The first kappa shape index (κ1) is 14.8. The van der Waals surface area contributed by atoms with Gasteiger partial charge in [-0.1, -0.05) is 15.9 Å². The smallest absolute Gasteiger partial charge is 0.161 e. The molecule has 1 heterocycles. The Kier molecular flexibility index (Phi) is 4.47. The molecule has 0 spiro atoms. The molecular formula is C15H17BrN2O2S. The molecule has 1 fully saturated rings. The van der Waals surface area contributed by atoms with Crippen LogP contribution in [0.1, 0.15) is 29.5 Å². The molecule has 112 valence electrons. The van der Waals surface area contributed by atoms with Gasteiger partial charge in [-0.3, -0.25) is 0 Å². The second-order valence-electron chi connectivity index (χ2n) is 4.97. The van der Waals surface area contributed by atoms with Gasteiger partial charge in [0.05, 0.1) is 20.3 Å². The minimum atomic E-state index is 0.0756. The van der Waals surface area contributed by atoms with Crippen molar-refractivity contribution in [1.29, 1.82) is 0 Å². The van der Waals surface area contributed by atoms with Crippen molar-refractivity contribution in [3.05, 3.63) is 38.8 Å². The summed E-state index contributed by atoms with van der Waals surface area (Å²) in [6.45, 7) is 0. The van der Waals surface area contributed by atoms with E-state index in [0.717, 1.165) is 26.5 Å². The van der Waals surface area contributed by atoms with E-state index >= 15 is 0 Å². The van der Waals surface area contributed by atoms with Crippen LogP contribution in [0.25, 0.3) is 0 Å². The second kappa shape index (κ2) is 6.34. The summed E-state index contributed by atoms with van der Waals surface area (Å²) in [5.41, 5.74) is 1.12. The van der Waals surface area contributed by atoms with Gasteiger partial charge >= 0.3 is 0 Å². The summed E-state index contributed by atoms with van der Waals surface area (Å²) in [7, 11) is 3.30. The van der Waals surface area contributed by atoms with Crippen LogP contribution >= 0.6 is 27.3 Å². The van der Waals surface area contributed by atoms with Crippen molar-refractivity contribution in [1.82, 2.24) is 10.3 Å². The molecule has 21 heavy (non-hydrogen) atoms. The third kappa shape index (κ3) is 3.22. The van der Waals surface area contributed by atoms with Crippen LogP contribution in [0.15, 0.2) is 28.2 Å². The highest BCUT2D eigenvalue weighted by Gasteiger charge is 2.29. The van der Waals surface area contributed by atoms with Gasteiger partial charge < -0.3 is 14.8 Å². The fourth-order valence-corrected chi connectivity index (χ4v) is 3.51.